The molecule has 0 spiro atoms. The highest BCUT2D eigenvalue weighted by Crippen LogP contribution is 2.12. The maximum absolute atomic E-state index is 5.39. The Labute approximate surface area is 114 Å². The fourth-order valence-electron chi connectivity index (χ4n) is 1.55. The summed E-state index contributed by atoms with van der Waals surface area (Å²) in [6.45, 7) is 7.45. The molecule has 0 saturated heterocycles. The summed E-state index contributed by atoms with van der Waals surface area (Å²) in [5.41, 5.74) is 2.47. The van der Waals surface area contributed by atoms with E-state index in [2.05, 4.69) is 44.4 Å². The Kier molecular flexibility index (Phi) is 6.23. The predicted molar refractivity (Wildman–Crippen MR) is 78.2 cm³/mol. The summed E-state index contributed by atoms with van der Waals surface area (Å²) >= 11 is 0. The average Bonchev–Trinajstić information content (AvgIpc) is 2.39. The molecule has 0 aliphatic rings. The van der Waals surface area contributed by atoms with Crippen molar-refractivity contribution in [2.24, 2.45) is 5.84 Å². The number of nitrogen functional groups attached to an aromatic ring is 1. The summed E-state index contributed by atoms with van der Waals surface area (Å²) in [6.07, 6.45) is 0. The fraction of sp³-hybridized carbons (Fsp3) is 0.727. The number of hydrogen-bond donors (Lipinski definition) is 3. The Bertz CT molecular complexity index is 377. The van der Waals surface area contributed by atoms with Gasteiger partial charge in [-0.2, -0.15) is 15.0 Å². The first-order valence-corrected chi connectivity index (χ1v) is 6.46. The van der Waals surface area contributed by atoms with Crippen molar-refractivity contribution in [3.8, 4) is 0 Å². The van der Waals surface area contributed by atoms with Gasteiger partial charge >= 0.3 is 0 Å². The minimum absolute atomic E-state index is 0.365. The maximum Gasteiger partial charge on any atom is 0.243 e. The van der Waals surface area contributed by atoms with Gasteiger partial charge in [-0.25, -0.2) is 5.84 Å². The average molecular weight is 268 g/mol. The number of likely N-dealkylation sites (N-methyl/N-ethyl adjacent to an activating group) is 1. The highest BCUT2D eigenvalue weighted by molar-refractivity contribution is 5.43. The van der Waals surface area contributed by atoms with Crippen molar-refractivity contribution < 1.29 is 0 Å². The van der Waals surface area contributed by atoms with Crippen molar-refractivity contribution in [1.82, 2.24) is 19.9 Å². The highest BCUT2D eigenvalue weighted by atomic mass is 15.4. The maximum atomic E-state index is 5.39. The van der Waals surface area contributed by atoms with Crippen LogP contribution in [0.1, 0.15) is 13.8 Å². The number of hydrogen-bond acceptors (Lipinski definition) is 8. The molecule has 4 N–H and O–H groups in total. The van der Waals surface area contributed by atoms with Crippen molar-refractivity contribution in [3.05, 3.63) is 0 Å². The number of nitrogens with two attached hydrogens (primary N) is 1. The third-order valence-electron chi connectivity index (χ3n) is 2.64. The molecule has 108 valence electrons. The van der Waals surface area contributed by atoms with Gasteiger partial charge in [-0.1, -0.05) is 0 Å². The molecule has 0 saturated carbocycles. The molecule has 0 bridgehead atoms. The lowest BCUT2D eigenvalue weighted by Crippen LogP contribution is -2.27. The third kappa shape index (κ3) is 4.84. The second-order valence-electron chi connectivity index (χ2n) is 4.33. The van der Waals surface area contributed by atoms with Crippen molar-refractivity contribution in [1.29, 1.82) is 0 Å². The molecule has 1 heterocycles. The summed E-state index contributed by atoms with van der Waals surface area (Å²) in [5.74, 6) is 6.91. The number of anilines is 3. The van der Waals surface area contributed by atoms with Gasteiger partial charge in [0.1, 0.15) is 0 Å². The summed E-state index contributed by atoms with van der Waals surface area (Å²) in [5, 5.41) is 3.17. The normalized spacial score (nSPS) is 10.6. The lowest BCUT2D eigenvalue weighted by atomic mass is 10.5. The minimum atomic E-state index is 0.365. The highest BCUT2D eigenvalue weighted by Gasteiger charge is 2.10. The summed E-state index contributed by atoms with van der Waals surface area (Å²) in [7, 11) is 4.03. The van der Waals surface area contributed by atoms with Gasteiger partial charge in [0, 0.05) is 26.2 Å². The van der Waals surface area contributed by atoms with E-state index in [0.29, 0.717) is 17.8 Å². The zero-order valence-electron chi connectivity index (χ0n) is 12.1. The van der Waals surface area contributed by atoms with Gasteiger partial charge in [-0.05, 0) is 27.9 Å². The van der Waals surface area contributed by atoms with Crippen LogP contribution >= 0.6 is 0 Å². The van der Waals surface area contributed by atoms with Gasteiger partial charge in [0.15, 0.2) is 0 Å². The standard InChI is InChI=1S/C11H24N8/c1-5-19(6-2)11-15-9(13-7-8-18(3)4)14-10(16-11)17-12/h5-8,12H2,1-4H3,(H2,13,14,15,16,17). The van der Waals surface area contributed by atoms with E-state index < -0.39 is 0 Å². The zero-order chi connectivity index (χ0) is 14.3. The van der Waals surface area contributed by atoms with Crippen LogP contribution < -0.4 is 21.5 Å². The molecule has 0 atom stereocenters. The zero-order valence-corrected chi connectivity index (χ0v) is 12.1. The molecule has 0 amide bonds. The summed E-state index contributed by atoms with van der Waals surface area (Å²) in [6, 6.07) is 0. The smallest absolute Gasteiger partial charge is 0.243 e. The monoisotopic (exact) mass is 268 g/mol. The lowest BCUT2D eigenvalue weighted by molar-refractivity contribution is 0.425. The van der Waals surface area contributed by atoms with Gasteiger partial charge in [-0.15, -0.1) is 0 Å². The molecule has 0 aliphatic heterocycles. The second kappa shape index (κ2) is 7.70. The van der Waals surface area contributed by atoms with Crippen LogP contribution in [-0.2, 0) is 0 Å². The Hall–Kier alpha value is -1.67. The lowest BCUT2D eigenvalue weighted by Gasteiger charge is -2.19. The van der Waals surface area contributed by atoms with Crippen LogP contribution in [0.5, 0.6) is 0 Å². The Morgan fingerprint density at radius 1 is 1.05 bits per heavy atom. The molecule has 0 aliphatic carbocycles. The molecule has 0 unspecified atom stereocenters. The number of nitrogens with one attached hydrogen (secondary N) is 2. The number of nitrogens with zero attached hydrogens (tertiary/aromatic N) is 5. The first-order valence-electron chi connectivity index (χ1n) is 6.46. The van der Waals surface area contributed by atoms with Crippen molar-refractivity contribution >= 4 is 17.8 Å². The molecule has 1 rings (SSSR count). The molecule has 0 aromatic carbocycles. The topological polar surface area (TPSA) is 95.2 Å². The Balaban J connectivity index is 2.82. The summed E-state index contributed by atoms with van der Waals surface area (Å²) < 4.78 is 0. The van der Waals surface area contributed by atoms with E-state index in [1.807, 2.05) is 19.0 Å². The van der Waals surface area contributed by atoms with Crippen LogP contribution in [-0.4, -0.2) is 60.1 Å². The van der Waals surface area contributed by atoms with Crippen molar-refractivity contribution in [2.45, 2.75) is 13.8 Å². The number of aromatic nitrogens is 3. The van der Waals surface area contributed by atoms with E-state index in [1.165, 1.54) is 0 Å². The molecule has 1 aromatic heterocycles. The third-order valence-corrected chi connectivity index (χ3v) is 2.64. The summed E-state index contributed by atoms with van der Waals surface area (Å²) in [4.78, 5) is 17.0. The first kappa shape index (κ1) is 15.4. The van der Waals surface area contributed by atoms with Crippen LogP contribution in [0.2, 0.25) is 0 Å². The molecule has 0 radical (unpaired) electrons. The van der Waals surface area contributed by atoms with E-state index in [4.69, 9.17) is 5.84 Å². The Morgan fingerprint density at radius 3 is 2.21 bits per heavy atom. The van der Waals surface area contributed by atoms with Gasteiger partial charge in [0.25, 0.3) is 0 Å². The predicted octanol–water partition coefficient (Wildman–Crippen LogP) is -0.0231. The van der Waals surface area contributed by atoms with Crippen LogP contribution in [0.25, 0.3) is 0 Å². The molecule has 8 nitrogen and oxygen atoms in total. The molecular weight excluding hydrogens is 244 g/mol. The molecule has 1 aromatic rings. The SMILES string of the molecule is CCN(CC)c1nc(NN)nc(NCCN(C)C)n1. The second-order valence-corrected chi connectivity index (χ2v) is 4.33. The van der Waals surface area contributed by atoms with Crippen LogP contribution in [0, 0.1) is 0 Å². The Morgan fingerprint density at radius 2 is 1.68 bits per heavy atom. The van der Waals surface area contributed by atoms with Crippen molar-refractivity contribution in [2.75, 3.05) is 55.9 Å². The van der Waals surface area contributed by atoms with Crippen LogP contribution in [0.3, 0.4) is 0 Å². The molecule has 19 heavy (non-hydrogen) atoms. The van der Waals surface area contributed by atoms with E-state index >= 15 is 0 Å². The fourth-order valence-corrected chi connectivity index (χ4v) is 1.55. The van der Waals surface area contributed by atoms with Gasteiger partial charge in [0.05, 0.1) is 0 Å². The van der Waals surface area contributed by atoms with Gasteiger partial charge in [0.2, 0.25) is 17.8 Å². The minimum Gasteiger partial charge on any atom is -0.353 e. The number of hydrazine groups is 1. The van der Waals surface area contributed by atoms with Crippen LogP contribution in [0.15, 0.2) is 0 Å². The molecule has 8 heteroatoms. The van der Waals surface area contributed by atoms with E-state index in [1.54, 1.807) is 0 Å². The van der Waals surface area contributed by atoms with E-state index in [0.717, 1.165) is 26.2 Å². The first-order chi connectivity index (χ1) is 9.10. The van der Waals surface area contributed by atoms with E-state index in [-0.39, 0.29) is 0 Å². The van der Waals surface area contributed by atoms with Gasteiger partial charge in [-0.3, -0.25) is 5.43 Å². The number of rotatable bonds is 8. The molecular formula is C11H24N8. The van der Waals surface area contributed by atoms with Crippen LogP contribution in [0.4, 0.5) is 17.8 Å². The van der Waals surface area contributed by atoms with E-state index in [9.17, 15) is 0 Å². The van der Waals surface area contributed by atoms with Crippen molar-refractivity contribution in [3.63, 3.8) is 0 Å². The quantitative estimate of drug-likeness (QED) is 0.447. The molecule has 0 fully saturated rings. The van der Waals surface area contributed by atoms with Gasteiger partial charge < -0.3 is 15.1 Å². The largest absolute Gasteiger partial charge is 0.353 e.